The number of thiazole rings is 1. The number of terminal acetylenes is 1. The predicted octanol–water partition coefficient (Wildman–Crippen LogP) is 5.27. The molecule has 0 spiro atoms. The highest BCUT2D eigenvalue weighted by Crippen LogP contribution is 2.28. The van der Waals surface area contributed by atoms with Crippen LogP contribution < -0.4 is 14.3 Å². The maximum atomic E-state index is 13.0. The Balaban J connectivity index is 1.72. The van der Waals surface area contributed by atoms with Gasteiger partial charge in [0.1, 0.15) is 22.8 Å². The zero-order chi connectivity index (χ0) is 21.6. The number of para-hydroxylation sites is 2. The van der Waals surface area contributed by atoms with E-state index in [4.69, 9.17) is 15.9 Å². The van der Waals surface area contributed by atoms with Crippen LogP contribution in [0.5, 0.6) is 17.2 Å². The quantitative estimate of drug-likeness (QED) is 0.393. The van der Waals surface area contributed by atoms with Gasteiger partial charge in [0.05, 0.1) is 17.9 Å². The number of carbonyl (C=O) groups is 1. The van der Waals surface area contributed by atoms with E-state index >= 15 is 0 Å². The van der Waals surface area contributed by atoms with Gasteiger partial charge in [-0.1, -0.05) is 47.6 Å². The SMILES string of the molecule is C#CCn1c(=NC(=O)c2cccc(Oc3ccccc3)c2)sc2cccc(OCC)c21. The number of rotatable bonds is 6. The van der Waals surface area contributed by atoms with Crippen LogP contribution in [-0.2, 0) is 6.54 Å². The van der Waals surface area contributed by atoms with Gasteiger partial charge in [-0.15, -0.1) is 6.42 Å². The van der Waals surface area contributed by atoms with E-state index in [1.807, 2.05) is 60.0 Å². The summed E-state index contributed by atoms with van der Waals surface area (Å²) in [4.78, 5) is 17.8. The zero-order valence-electron chi connectivity index (χ0n) is 16.9. The summed E-state index contributed by atoms with van der Waals surface area (Å²) in [5, 5.41) is 0. The highest BCUT2D eigenvalue weighted by molar-refractivity contribution is 7.16. The molecule has 6 heteroatoms. The number of fused-ring (bicyclic) bond motifs is 1. The van der Waals surface area contributed by atoms with Gasteiger partial charge in [0.25, 0.3) is 5.91 Å². The molecule has 0 radical (unpaired) electrons. The summed E-state index contributed by atoms with van der Waals surface area (Å²) >= 11 is 1.40. The molecule has 3 aromatic carbocycles. The first kappa shape index (κ1) is 20.5. The Kier molecular flexibility index (Phi) is 6.16. The average Bonchev–Trinajstić information content (AvgIpc) is 3.13. The van der Waals surface area contributed by atoms with Gasteiger partial charge < -0.3 is 14.0 Å². The van der Waals surface area contributed by atoms with Gasteiger partial charge in [-0.2, -0.15) is 4.99 Å². The minimum atomic E-state index is -0.367. The fraction of sp³-hybridized carbons (Fsp3) is 0.120. The Labute approximate surface area is 184 Å². The monoisotopic (exact) mass is 428 g/mol. The minimum Gasteiger partial charge on any atom is -0.492 e. The van der Waals surface area contributed by atoms with E-state index in [1.54, 1.807) is 24.3 Å². The van der Waals surface area contributed by atoms with E-state index in [0.29, 0.717) is 28.5 Å². The minimum absolute atomic E-state index is 0.285. The second kappa shape index (κ2) is 9.33. The summed E-state index contributed by atoms with van der Waals surface area (Å²) in [6.07, 6.45) is 5.59. The molecule has 4 aromatic rings. The second-order valence-corrected chi connectivity index (χ2v) is 7.58. The number of nitrogens with zero attached hydrogens (tertiary/aromatic N) is 2. The van der Waals surface area contributed by atoms with Crippen LogP contribution >= 0.6 is 11.3 Å². The van der Waals surface area contributed by atoms with E-state index in [0.717, 1.165) is 16.0 Å². The van der Waals surface area contributed by atoms with E-state index in [-0.39, 0.29) is 12.5 Å². The summed E-state index contributed by atoms with van der Waals surface area (Å²) in [7, 11) is 0. The predicted molar refractivity (Wildman–Crippen MR) is 123 cm³/mol. The van der Waals surface area contributed by atoms with Gasteiger partial charge in [-0.25, -0.2) is 0 Å². The van der Waals surface area contributed by atoms with Gasteiger partial charge in [-0.05, 0) is 49.4 Å². The molecule has 0 fully saturated rings. The van der Waals surface area contributed by atoms with Crippen molar-refractivity contribution in [2.75, 3.05) is 6.61 Å². The fourth-order valence-electron chi connectivity index (χ4n) is 3.16. The summed E-state index contributed by atoms with van der Waals surface area (Å²) in [6, 6.07) is 22.2. The Bertz CT molecular complexity index is 1330. The molecule has 0 aliphatic heterocycles. The van der Waals surface area contributed by atoms with Crippen molar-refractivity contribution in [2.45, 2.75) is 13.5 Å². The van der Waals surface area contributed by atoms with Crippen LogP contribution in [-0.4, -0.2) is 17.1 Å². The van der Waals surface area contributed by atoms with Crippen molar-refractivity contribution in [3.63, 3.8) is 0 Å². The Hall–Kier alpha value is -3.82. The van der Waals surface area contributed by atoms with Crippen LogP contribution in [0.25, 0.3) is 10.2 Å². The maximum Gasteiger partial charge on any atom is 0.279 e. The Morgan fingerprint density at radius 3 is 2.61 bits per heavy atom. The molecule has 31 heavy (non-hydrogen) atoms. The summed E-state index contributed by atoms with van der Waals surface area (Å²) in [6.45, 7) is 2.74. The first-order valence-corrected chi connectivity index (χ1v) is 10.6. The first-order valence-electron chi connectivity index (χ1n) is 9.80. The lowest BCUT2D eigenvalue weighted by Crippen LogP contribution is -2.17. The molecule has 0 atom stereocenters. The normalized spacial score (nSPS) is 11.3. The highest BCUT2D eigenvalue weighted by Gasteiger charge is 2.13. The maximum absolute atomic E-state index is 13.0. The van der Waals surface area contributed by atoms with Crippen LogP contribution in [0.3, 0.4) is 0 Å². The standard InChI is InChI=1S/C25H20N2O3S/c1-3-16-27-23-21(29-4-2)14-9-15-22(23)31-25(27)26-24(28)18-10-8-13-20(17-18)30-19-11-6-5-7-12-19/h1,5-15,17H,4,16H2,2H3. The van der Waals surface area contributed by atoms with Crippen molar-refractivity contribution in [1.29, 1.82) is 0 Å². The van der Waals surface area contributed by atoms with Gasteiger partial charge >= 0.3 is 0 Å². The highest BCUT2D eigenvalue weighted by atomic mass is 32.1. The number of amides is 1. The number of hydrogen-bond acceptors (Lipinski definition) is 4. The van der Waals surface area contributed by atoms with Crippen LogP contribution in [0.4, 0.5) is 0 Å². The molecule has 1 heterocycles. The van der Waals surface area contributed by atoms with Crippen molar-refractivity contribution in [1.82, 2.24) is 4.57 Å². The third-order valence-electron chi connectivity index (χ3n) is 4.47. The Morgan fingerprint density at radius 2 is 1.84 bits per heavy atom. The van der Waals surface area contributed by atoms with Crippen LogP contribution in [0.2, 0.25) is 0 Å². The Morgan fingerprint density at radius 1 is 1.06 bits per heavy atom. The summed E-state index contributed by atoms with van der Waals surface area (Å²) in [5.41, 5.74) is 1.28. The molecule has 5 nitrogen and oxygen atoms in total. The van der Waals surface area contributed by atoms with E-state index in [1.165, 1.54) is 11.3 Å². The lowest BCUT2D eigenvalue weighted by atomic mass is 10.2. The molecule has 0 N–H and O–H groups in total. The number of ether oxygens (including phenoxy) is 2. The molecule has 4 rings (SSSR count). The first-order chi connectivity index (χ1) is 15.2. The van der Waals surface area contributed by atoms with Crippen molar-refractivity contribution in [2.24, 2.45) is 4.99 Å². The number of aromatic nitrogens is 1. The molecular weight excluding hydrogens is 408 g/mol. The van der Waals surface area contributed by atoms with Crippen LogP contribution in [0.15, 0.2) is 77.8 Å². The van der Waals surface area contributed by atoms with Crippen LogP contribution in [0, 0.1) is 12.3 Å². The molecule has 0 saturated heterocycles. The van der Waals surface area contributed by atoms with Crippen molar-refractivity contribution in [3.05, 3.63) is 83.2 Å². The number of carbonyl (C=O) groups excluding carboxylic acids is 1. The van der Waals surface area contributed by atoms with Crippen LogP contribution in [0.1, 0.15) is 17.3 Å². The fourth-order valence-corrected chi connectivity index (χ4v) is 4.21. The molecule has 0 aliphatic carbocycles. The molecule has 0 unspecified atom stereocenters. The van der Waals surface area contributed by atoms with Crippen molar-refractivity contribution in [3.8, 4) is 29.6 Å². The molecule has 1 amide bonds. The van der Waals surface area contributed by atoms with Gasteiger partial charge in [0.15, 0.2) is 4.80 Å². The smallest absolute Gasteiger partial charge is 0.279 e. The van der Waals surface area contributed by atoms with Gasteiger partial charge in [-0.3, -0.25) is 4.79 Å². The molecule has 154 valence electrons. The molecule has 0 saturated carbocycles. The third kappa shape index (κ3) is 4.52. The molecular formula is C25H20N2O3S. The van der Waals surface area contributed by atoms with E-state index in [2.05, 4.69) is 10.9 Å². The summed E-state index contributed by atoms with van der Waals surface area (Å²) < 4.78 is 14.4. The largest absolute Gasteiger partial charge is 0.492 e. The second-order valence-electron chi connectivity index (χ2n) is 6.57. The molecule has 0 aliphatic rings. The lowest BCUT2D eigenvalue weighted by Gasteiger charge is -2.07. The average molecular weight is 429 g/mol. The van der Waals surface area contributed by atoms with Gasteiger partial charge in [0, 0.05) is 5.56 Å². The third-order valence-corrected chi connectivity index (χ3v) is 5.51. The van der Waals surface area contributed by atoms with Crippen molar-refractivity contribution >= 4 is 27.5 Å². The topological polar surface area (TPSA) is 52.8 Å². The van der Waals surface area contributed by atoms with E-state index < -0.39 is 0 Å². The number of benzene rings is 3. The van der Waals surface area contributed by atoms with E-state index in [9.17, 15) is 4.79 Å². The van der Waals surface area contributed by atoms with Crippen molar-refractivity contribution < 1.29 is 14.3 Å². The zero-order valence-corrected chi connectivity index (χ0v) is 17.8. The molecule has 0 bridgehead atoms. The summed E-state index contributed by atoms with van der Waals surface area (Å²) in [5.74, 6) is 4.26. The lowest BCUT2D eigenvalue weighted by molar-refractivity contribution is 0.0997. The van der Waals surface area contributed by atoms with Gasteiger partial charge in [0.2, 0.25) is 0 Å². The molecule has 1 aromatic heterocycles. The number of hydrogen-bond donors (Lipinski definition) is 0.